The van der Waals surface area contributed by atoms with Crippen LogP contribution in [0.5, 0.6) is 0 Å². The largest absolute Gasteiger partial charge is 0.310 e. The molecule has 0 radical (unpaired) electrons. The van der Waals surface area contributed by atoms with Crippen molar-refractivity contribution in [3.8, 4) is 0 Å². The van der Waals surface area contributed by atoms with Crippen LogP contribution in [0.1, 0.15) is 44.7 Å². The maximum atomic E-state index is 13.8. The van der Waals surface area contributed by atoms with Crippen LogP contribution in [-0.2, 0) is 0 Å². The number of nitrogens with one attached hydrogen (secondary N) is 1. The summed E-state index contributed by atoms with van der Waals surface area (Å²) >= 11 is 0. The van der Waals surface area contributed by atoms with E-state index >= 15 is 0 Å². The van der Waals surface area contributed by atoms with Crippen molar-refractivity contribution in [2.24, 2.45) is 0 Å². The lowest BCUT2D eigenvalue weighted by Gasteiger charge is -2.20. The summed E-state index contributed by atoms with van der Waals surface area (Å²) in [6, 6.07) is 11.6. The van der Waals surface area contributed by atoms with E-state index < -0.39 is 0 Å². The van der Waals surface area contributed by atoms with E-state index in [1.807, 2.05) is 30.3 Å². The van der Waals surface area contributed by atoms with Gasteiger partial charge in [-0.15, -0.1) is 0 Å². The second-order valence-corrected chi connectivity index (χ2v) is 4.93. The highest BCUT2D eigenvalue weighted by Gasteiger charge is 2.14. The number of rotatable bonds is 6. The fraction of sp³-hybridized carbons (Fsp3) is 0.412. The Morgan fingerprint density at radius 2 is 1.79 bits per heavy atom. The SMILES string of the molecule is CCCCC(NCC)c1ccc(F)c2ccccc12. The third kappa shape index (κ3) is 3.13. The average molecular weight is 259 g/mol. The van der Waals surface area contributed by atoms with Gasteiger partial charge in [-0.05, 0) is 30.0 Å². The first-order valence-electron chi connectivity index (χ1n) is 7.18. The predicted molar refractivity (Wildman–Crippen MR) is 79.8 cm³/mol. The van der Waals surface area contributed by atoms with Crippen molar-refractivity contribution in [3.63, 3.8) is 0 Å². The smallest absolute Gasteiger partial charge is 0.131 e. The van der Waals surface area contributed by atoms with Gasteiger partial charge in [-0.25, -0.2) is 4.39 Å². The fourth-order valence-corrected chi connectivity index (χ4v) is 2.61. The van der Waals surface area contributed by atoms with Gasteiger partial charge in [0.2, 0.25) is 0 Å². The van der Waals surface area contributed by atoms with E-state index in [1.54, 1.807) is 6.07 Å². The molecule has 0 spiro atoms. The van der Waals surface area contributed by atoms with Crippen LogP contribution < -0.4 is 5.32 Å². The molecular formula is C17H22FN. The maximum absolute atomic E-state index is 13.8. The van der Waals surface area contributed by atoms with Crippen LogP contribution in [0.3, 0.4) is 0 Å². The van der Waals surface area contributed by atoms with Crippen LogP contribution in [0.25, 0.3) is 10.8 Å². The molecule has 0 fully saturated rings. The van der Waals surface area contributed by atoms with Crippen molar-refractivity contribution in [1.29, 1.82) is 0 Å². The normalized spacial score (nSPS) is 12.8. The van der Waals surface area contributed by atoms with Crippen LogP contribution in [0.2, 0.25) is 0 Å². The van der Waals surface area contributed by atoms with E-state index in [0.29, 0.717) is 6.04 Å². The lowest BCUT2D eigenvalue weighted by Crippen LogP contribution is -2.21. The molecule has 102 valence electrons. The molecule has 0 aliphatic heterocycles. The molecule has 2 heteroatoms. The van der Waals surface area contributed by atoms with Crippen LogP contribution in [0.4, 0.5) is 4.39 Å². The summed E-state index contributed by atoms with van der Waals surface area (Å²) in [6.07, 6.45) is 3.46. The molecule has 0 amide bonds. The molecule has 0 bridgehead atoms. The molecule has 1 unspecified atom stereocenters. The minimum absolute atomic E-state index is 0.134. The molecule has 0 aromatic heterocycles. The van der Waals surface area contributed by atoms with E-state index in [-0.39, 0.29) is 5.82 Å². The first kappa shape index (κ1) is 14.0. The van der Waals surface area contributed by atoms with Crippen LogP contribution in [0, 0.1) is 5.82 Å². The van der Waals surface area contributed by atoms with E-state index in [2.05, 4.69) is 19.2 Å². The van der Waals surface area contributed by atoms with Gasteiger partial charge in [-0.3, -0.25) is 0 Å². The molecule has 2 aromatic carbocycles. The Labute approximate surface area is 114 Å². The zero-order chi connectivity index (χ0) is 13.7. The highest BCUT2D eigenvalue weighted by Crippen LogP contribution is 2.29. The van der Waals surface area contributed by atoms with Gasteiger partial charge in [0.05, 0.1) is 0 Å². The minimum Gasteiger partial charge on any atom is -0.310 e. The van der Waals surface area contributed by atoms with Gasteiger partial charge >= 0.3 is 0 Å². The van der Waals surface area contributed by atoms with Crippen LogP contribution in [0.15, 0.2) is 36.4 Å². The quantitative estimate of drug-likeness (QED) is 0.784. The highest BCUT2D eigenvalue weighted by molar-refractivity contribution is 5.86. The molecule has 1 atom stereocenters. The van der Waals surface area contributed by atoms with Gasteiger partial charge < -0.3 is 5.32 Å². The van der Waals surface area contributed by atoms with Gasteiger partial charge in [-0.1, -0.05) is 57.0 Å². The Kier molecular flexibility index (Phi) is 4.92. The predicted octanol–water partition coefficient (Wildman–Crippen LogP) is 4.82. The van der Waals surface area contributed by atoms with E-state index in [1.165, 1.54) is 18.4 Å². The van der Waals surface area contributed by atoms with Crippen molar-refractivity contribution in [1.82, 2.24) is 5.32 Å². The van der Waals surface area contributed by atoms with Crippen molar-refractivity contribution < 1.29 is 4.39 Å². The highest BCUT2D eigenvalue weighted by atomic mass is 19.1. The number of hydrogen-bond acceptors (Lipinski definition) is 1. The lowest BCUT2D eigenvalue weighted by atomic mass is 9.95. The molecule has 1 nitrogen and oxygen atoms in total. The van der Waals surface area contributed by atoms with Crippen molar-refractivity contribution >= 4 is 10.8 Å². The molecular weight excluding hydrogens is 237 g/mol. The Balaban J connectivity index is 2.44. The van der Waals surface area contributed by atoms with Gasteiger partial charge in [-0.2, -0.15) is 0 Å². The molecule has 2 aromatic rings. The first-order valence-corrected chi connectivity index (χ1v) is 7.18. The number of benzene rings is 2. The summed E-state index contributed by atoms with van der Waals surface area (Å²) in [5, 5.41) is 5.28. The van der Waals surface area contributed by atoms with E-state index in [9.17, 15) is 4.39 Å². The zero-order valence-corrected chi connectivity index (χ0v) is 11.7. The van der Waals surface area contributed by atoms with Crippen molar-refractivity contribution in [2.45, 2.75) is 39.2 Å². The van der Waals surface area contributed by atoms with Gasteiger partial charge in [0.15, 0.2) is 0 Å². The molecule has 0 saturated heterocycles. The second kappa shape index (κ2) is 6.67. The molecule has 19 heavy (non-hydrogen) atoms. The molecule has 2 rings (SSSR count). The third-order valence-corrected chi connectivity index (χ3v) is 3.58. The standard InChI is InChI=1S/C17H22FN/c1-3-5-10-17(19-4-2)15-11-12-16(18)14-9-7-6-8-13(14)15/h6-9,11-12,17,19H,3-5,10H2,1-2H3. The Bertz CT molecular complexity index is 536. The number of halogens is 1. The Morgan fingerprint density at radius 1 is 1.05 bits per heavy atom. The molecule has 0 saturated carbocycles. The monoisotopic (exact) mass is 259 g/mol. The molecule has 0 aliphatic rings. The fourth-order valence-electron chi connectivity index (χ4n) is 2.61. The number of hydrogen-bond donors (Lipinski definition) is 1. The summed E-state index contributed by atoms with van der Waals surface area (Å²) in [5.74, 6) is -0.134. The molecule has 0 heterocycles. The van der Waals surface area contributed by atoms with E-state index in [0.717, 1.165) is 23.7 Å². The lowest BCUT2D eigenvalue weighted by molar-refractivity contribution is 0.497. The summed E-state index contributed by atoms with van der Waals surface area (Å²) in [4.78, 5) is 0. The summed E-state index contributed by atoms with van der Waals surface area (Å²) in [5.41, 5.74) is 1.22. The molecule has 1 N–H and O–H groups in total. The van der Waals surface area contributed by atoms with Gasteiger partial charge in [0, 0.05) is 11.4 Å². The third-order valence-electron chi connectivity index (χ3n) is 3.58. The van der Waals surface area contributed by atoms with E-state index in [4.69, 9.17) is 0 Å². The first-order chi connectivity index (χ1) is 9.27. The topological polar surface area (TPSA) is 12.0 Å². The number of fused-ring (bicyclic) bond motifs is 1. The zero-order valence-electron chi connectivity index (χ0n) is 11.7. The van der Waals surface area contributed by atoms with Gasteiger partial charge in [0.25, 0.3) is 0 Å². The van der Waals surface area contributed by atoms with Crippen LogP contribution >= 0.6 is 0 Å². The summed E-state index contributed by atoms with van der Waals surface area (Å²) in [6.45, 7) is 5.25. The Hall–Kier alpha value is -1.41. The average Bonchev–Trinajstić information content (AvgIpc) is 2.45. The Morgan fingerprint density at radius 3 is 2.47 bits per heavy atom. The summed E-state index contributed by atoms with van der Waals surface area (Å²) in [7, 11) is 0. The van der Waals surface area contributed by atoms with Crippen molar-refractivity contribution in [3.05, 3.63) is 47.8 Å². The molecule has 0 aliphatic carbocycles. The maximum Gasteiger partial charge on any atom is 0.131 e. The second-order valence-electron chi connectivity index (χ2n) is 4.93. The van der Waals surface area contributed by atoms with Crippen LogP contribution in [-0.4, -0.2) is 6.54 Å². The van der Waals surface area contributed by atoms with Crippen molar-refractivity contribution in [2.75, 3.05) is 6.54 Å². The minimum atomic E-state index is -0.134. The number of unbranched alkanes of at least 4 members (excludes halogenated alkanes) is 1. The summed E-state index contributed by atoms with van der Waals surface area (Å²) < 4.78 is 13.8. The van der Waals surface area contributed by atoms with Gasteiger partial charge in [0.1, 0.15) is 5.82 Å².